The summed E-state index contributed by atoms with van der Waals surface area (Å²) in [6.45, 7) is 2.66. The fourth-order valence-corrected chi connectivity index (χ4v) is 3.26. The number of hydrogen-bond donors (Lipinski definition) is 1. The second-order valence-corrected chi connectivity index (χ2v) is 7.13. The maximum atomic E-state index is 11.4. The SMILES string of the molecule is CCNC(CS(C)(=O)=O)c1ccc(OC)cc1Br. The third-order valence-corrected chi connectivity index (χ3v) is 4.13. The monoisotopic (exact) mass is 335 g/mol. The van der Waals surface area contributed by atoms with E-state index in [-0.39, 0.29) is 11.8 Å². The molecule has 0 spiro atoms. The molecule has 0 fully saturated rings. The summed E-state index contributed by atoms with van der Waals surface area (Å²) in [4.78, 5) is 0. The van der Waals surface area contributed by atoms with Crippen LogP contribution in [0.1, 0.15) is 18.5 Å². The zero-order chi connectivity index (χ0) is 13.8. The standard InChI is InChI=1S/C12H18BrNO3S/c1-4-14-12(8-18(3,15)16)10-6-5-9(17-2)7-11(10)13/h5-7,12,14H,4,8H2,1-3H3. The summed E-state index contributed by atoms with van der Waals surface area (Å²) in [7, 11) is -1.44. The number of hydrogen-bond acceptors (Lipinski definition) is 4. The van der Waals surface area contributed by atoms with E-state index in [9.17, 15) is 8.42 Å². The van der Waals surface area contributed by atoms with Gasteiger partial charge in [-0.15, -0.1) is 0 Å². The third kappa shape index (κ3) is 4.59. The summed E-state index contributed by atoms with van der Waals surface area (Å²) in [5, 5.41) is 3.18. The van der Waals surface area contributed by atoms with Gasteiger partial charge in [0.2, 0.25) is 0 Å². The van der Waals surface area contributed by atoms with Crippen LogP contribution >= 0.6 is 15.9 Å². The molecule has 1 atom stereocenters. The van der Waals surface area contributed by atoms with Crippen molar-refractivity contribution in [2.24, 2.45) is 0 Å². The molecule has 1 aromatic carbocycles. The summed E-state index contributed by atoms with van der Waals surface area (Å²) >= 11 is 3.45. The normalized spacial score (nSPS) is 13.3. The predicted octanol–water partition coefficient (Wildman–Crippen LogP) is 2.15. The number of nitrogens with one attached hydrogen (secondary N) is 1. The number of methoxy groups -OCH3 is 1. The van der Waals surface area contributed by atoms with E-state index in [4.69, 9.17) is 4.74 Å². The van der Waals surface area contributed by atoms with Crippen LogP contribution in [0.15, 0.2) is 22.7 Å². The van der Waals surface area contributed by atoms with Crippen LogP contribution in [0.3, 0.4) is 0 Å². The van der Waals surface area contributed by atoms with E-state index < -0.39 is 9.84 Å². The molecular weight excluding hydrogens is 318 g/mol. The Kier molecular flexibility index (Phi) is 5.62. The van der Waals surface area contributed by atoms with Crippen molar-refractivity contribution >= 4 is 25.8 Å². The summed E-state index contributed by atoms with van der Waals surface area (Å²) in [6.07, 6.45) is 1.24. The summed E-state index contributed by atoms with van der Waals surface area (Å²) < 4.78 is 28.9. The van der Waals surface area contributed by atoms with Crippen LogP contribution in [-0.4, -0.2) is 34.1 Å². The van der Waals surface area contributed by atoms with Gasteiger partial charge in [-0.1, -0.05) is 28.9 Å². The number of rotatable bonds is 6. The lowest BCUT2D eigenvalue weighted by Crippen LogP contribution is -2.27. The molecule has 1 rings (SSSR count). The van der Waals surface area contributed by atoms with Crippen molar-refractivity contribution in [2.75, 3.05) is 25.7 Å². The molecule has 1 N–H and O–H groups in total. The number of ether oxygens (including phenoxy) is 1. The molecule has 0 aliphatic heterocycles. The van der Waals surface area contributed by atoms with E-state index in [1.165, 1.54) is 6.26 Å². The van der Waals surface area contributed by atoms with Crippen LogP contribution in [0.2, 0.25) is 0 Å². The second-order valence-electron chi connectivity index (χ2n) is 4.09. The molecule has 0 radical (unpaired) electrons. The molecular formula is C12H18BrNO3S. The van der Waals surface area contributed by atoms with Gasteiger partial charge < -0.3 is 10.1 Å². The van der Waals surface area contributed by atoms with Gasteiger partial charge in [0.15, 0.2) is 0 Å². The Bertz CT molecular complexity index is 502. The first-order valence-electron chi connectivity index (χ1n) is 5.62. The second kappa shape index (κ2) is 6.54. The van der Waals surface area contributed by atoms with Gasteiger partial charge in [-0.2, -0.15) is 0 Å². The highest BCUT2D eigenvalue weighted by molar-refractivity contribution is 9.10. The molecule has 0 heterocycles. The first-order valence-corrected chi connectivity index (χ1v) is 8.47. The van der Waals surface area contributed by atoms with Crippen molar-refractivity contribution in [2.45, 2.75) is 13.0 Å². The van der Waals surface area contributed by atoms with Crippen molar-refractivity contribution in [3.63, 3.8) is 0 Å². The van der Waals surface area contributed by atoms with E-state index >= 15 is 0 Å². The quantitative estimate of drug-likeness (QED) is 0.865. The van der Waals surface area contributed by atoms with E-state index in [1.54, 1.807) is 7.11 Å². The summed E-state index contributed by atoms with van der Waals surface area (Å²) in [5.74, 6) is 0.811. The van der Waals surface area contributed by atoms with Crippen molar-refractivity contribution < 1.29 is 13.2 Å². The molecule has 1 aromatic rings. The molecule has 0 amide bonds. The highest BCUT2D eigenvalue weighted by atomic mass is 79.9. The van der Waals surface area contributed by atoms with Crippen molar-refractivity contribution in [1.29, 1.82) is 0 Å². The highest BCUT2D eigenvalue weighted by Gasteiger charge is 2.19. The first-order chi connectivity index (χ1) is 8.37. The van der Waals surface area contributed by atoms with Crippen LogP contribution in [0.5, 0.6) is 5.75 Å². The van der Waals surface area contributed by atoms with Crippen LogP contribution in [-0.2, 0) is 9.84 Å². The third-order valence-electron chi connectivity index (χ3n) is 2.50. The first kappa shape index (κ1) is 15.5. The molecule has 4 nitrogen and oxygen atoms in total. The van der Waals surface area contributed by atoms with Gasteiger partial charge in [-0.3, -0.25) is 0 Å². The molecule has 18 heavy (non-hydrogen) atoms. The lowest BCUT2D eigenvalue weighted by molar-refractivity contribution is 0.414. The lowest BCUT2D eigenvalue weighted by Gasteiger charge is -2.19. The predicted molar refractivity (Wildman–Crippen MR) is 76.8 cm³/mol. The van der Waals surface area contributed by atoms with Crippen molar-refractivity contribution in [1.82, 2.24) is 5.32 Å². The minimum Gasteiger partial charge on any atom is -0.497 e. The van der Waals surface area contributed by atoms with Crippen molar-refractivity contribution in [3.05, 3.63) is 28.2 Å². The molecule has 0 saturated heterocycles. The van der Waals surface area contributed by atoms with Gasteiger partial charge in [0.25, 0.3) is 0 Å². The largest absolute Gasteiger partial charge is 0.497 e. The van der Waals surface area contributed by atoms with Crippen molar-refractivity contribution in [3.8, 4) is 5.75 Å². The van der Waals surface area contributed by atoms with Gasteiger partial charge in [0.05, 0.1) is 12.9 Å². The molecule has 0 aliphatic rings. The molecule has 0 saturated carbocycles. The average molecular weight is 336 g/mol. The average Bonchev–Trinajstić information content (AvgIpc) is 2.26. The fraction of sp³-hybridized carbons (Fsp3) is 0.500. The Balaban J connectivity index is 3.05. The molecule has 6 heteroatoms. The van der Waals surface area contributed by atoms with Gasteiger partial charge in [0, 0.05) is 16.8 Å². The Morgan fingerprint density at radius 2 is 2.11 bits per heavy atom. The highest BCUT2D eigenvalue weighted by Crippen LogP contribution is 2.28. The van der Waals surface area contributed by atoms with E-state index in [2.05, 4.69) is 21.2 Å². The lowest BCUT2D eigenvalue weighted by atomic mass is 10.1. The van der Waals surface area contributed by atoms with Crippen LogP contribution in [0.25, 0.3) is 0 Å². The number of halogens is 1. The molecule has 1 unspecified atom stereocenters. The van der Waals surface area contributed by atoms with Crippen LogP contribution in [0, 0.1) is 0 Å². The maximum absolute atomic E-state index is 11.4. The fourth-order valence-electron chi connectivity index (χ4n) is 1.73. The zero-order valence-electron chi connectivity index (χ0n) is 10.7. The molecule has 102 valence electrons. The number of benzene rings is 1. The summed E-state index contributed by atoms with van der Waals surface area (Å²) in [6, 6.07) is 5.32. The van der Waals surface area contributed by atoms with Gasteiger partial charge in [-0.05, 0) is 24.2 Å². The van der Waals surface area contributed by atoms with Gasteiger partial charge >= 0.3 is 0 Å². The van der Waals surface area contributed by atoms with E-state index in [1.807, 2.05) is 25.1 Å². The maximum Gasteiger partial charge on any atom is 0.149 e. The molecule has 0 aliphatic carbocycles. The van der Waals surface area contributed by atoms with E-state index in [0.717, 1.165) is 15.8 Å². The minimum absolute atomic E-state index is 0.0752. The van der Waals surface area contributed by atoms with Gasteiger partial charge in [0.1, 0.15) is 15.6 Å². The minimum atomic E-state index is -3.04. The summed E-state index contributed by atoms with van der Waals surface area (Å²) in [5.41, 5.74) is 0.920. The van der Waals surface area contributed by atoms with E-state index in [0.29, 0.717) is 6.54 Å². The Morgan fingerprint density at radius 3 is 2.56 bits per heavy atom. The zero-order valence-corrected chi connectivity index (χ0v) is 13.1. The molecule has 0 bridgehead atoms. The topological polar surface area (TPSA) is 55.4 Å². The Hall–Kier alpha value is -0.590. The van der Waals surface area contributed by atoms with Crippen LogP contribution < -0.4 is 10.1 Å². The molecule has 0 aromatic heterocycles. The number of sulfone groups is 1. The van der Waals surface area contributed by atoms with Crippen LogP contribution in [0.4, 0.5) is 0 Å². The Labute approximate surface area is 117 Å². The smallest absolute Gasteiger partial charge is 0.149 e. The van der Waals surface area contributed by atoms with Gasteiger partial charge in [-0.25, -0.2) is 8.42 Å². The Morgan fingerprint density at radius 1 is 1.44 bits per heavy atom.